The number of para-hydroxylation sites is 2. The number of benzene rings is 3. The first-order valence-electron chi connectivity index (χ1n) is 10.3. The number of nitrogens with zero attached hydrogens (tertiary/aromatic N) is 3. The zero-order chi connectivity index (χ0) is 22.8. The highest BCUT2D eigenvalue weighted by Crippen LogP contribution is 2.39. The number of nitrogens with one attached hydrogen (secondary N) is 2. The Bertz CT molecular complexity index is 1280. The minimum Gasteiger partial charge on any atom is -0.495 e. The predicted octanol–water partition coefficient (Wildman–Crippen LogP) is 4.49. The van der Waals surface area contributed by atoms with Crippen LogP contribution in [0, 0.1) is 5.82 Å². The molecule has 1 aliphatic heterocycles. The third kappa shape index (κ3) is 4.14. The number of halogens is 1. The first-order chi connectivity index (χ1) is 16.1. The molecule has 1 amide bonds. The maximum atomic E-state index is 13.6. The highest BCUT2D eigenvalue weighted by molar-refractivity contribution is 8.00. The van der Waals surface area contributed by atoms with Gasteiger partial charge in [0.05, 0.1) is 18.8 Å². The zero-order valence-electron chi connectivity index (χ0n) is 17.6. The zero-order valence-corrected chi connectivity index (χ0v) is 18.4. The Labute approximate surface area is 194 Å². The summed E-state index contributed by atoms with van der Waals surface area (Å²) in [6.07, 6.45) is 0. The van der Waals surface area contributed by atoms with Gasteiger partial charge in [-0.2, -0.15) is 0 Å². The van der Waals surface area contributed by atoms with Crippen LogP contribution >= 0.6 is 11.8 Å². The summed E-state index contributed by atoms with van der Waals surface area (Å²) >= 11 is 1.30. The van der Waals surface area contributed by atoms with Crippen molar-refractivity contribution < 1.29 is 13.9 Å². The number of fused-ring (bicyclic) bond motifs is 1. The maximum Gasteiger partial charge on any atom is 0.240 e. The van der Waals surface area contributed by atoms with Crippen molar-refractivity contribution in [1.29, 1.82) is 0 Å². The average molecular weight is 462 g/mol. The molecule has 0 unspecified atom stereocenters. The normalized spacial score (nSPS) is 17.0. The van der Waals surface area contributed by atoms with Gasteiger partial charge in [-0.15, -0.1) is 10.2 Å². The van der Waals surface area contributed by atoms with Gasteiger partial charge in [-0.1, -0.05) is 66.4 Å². The SMILES string of the molecule is COc1ccccc1NC(=O)[C@H]1Sc2nnc(-c3ccccc3)n2N[C@@H]1c1ccc(F)cc1. The summed E-state index contributed by atoms with van der Waals surface area (Å²) in [7, 11) is 1.55. The molecule has 9 heteroatoms. The summed E-state index contributed by atoms with van der Waals surface area (Å²) in [6.45, 7) is 0. The van der Waals surface area contributed by atoms with Crippen LogP contribution in [-0.2, 0) is 4.79 Å². The molecule has 0 spiro atoms. The van der Waals surface area contributed by atoms with Crippen LogP contribution in [0.25, 0.3) is 11.4 Å². The standard InChI is InChI=1S/C24H20FN5O2S/c1-32-19-10-6-5-9-18(19)26-23(31)21-20(15-11-13-17(25)14-12-15)29-30-22(27-28-24(30)33-21)16-7-3-2-4-8-16/h2-14,20-21,29H,1H3,(H,26,31)/t20-,21+/m1/s1. The summed E-state index contributed by atoms with van der Waals surface area (Å²) < 4.78 is 20.8. The number of hydrogen-bond acceptors (Lipinski definition) is 6. The first kappa shape index (κ1) is 21.0. The molecule has 0 bridgehead atoms. The van der Waals surface area contributed by atoms with Crippen LogP contribution in [0.2, 0.25) is 0 Å². The fourth-order valence-corrected chi connectivity index (χ4v) is 4.78. The van der Waals surface area contributed by atoms with E-state index in [9.17, 15) is 9.18 Å². The molecule has 0 fully saturated rings. The molecule has 0 radical (unpaired) electrons. The van der Waals surface area contributed by atoms with Gasteiger partial charge in [0.15, 0.2) is 5.82 Å². The van der Waals surface area contributed by atoms with Crippen molar-refractivity contribution in [2.45, 2.75) is 16.4 Å². The molecule has 5 rings (SSSR count). The van der Waals surface area contributed by atoms with Crippen LogP contribution in [0.1, 0.15) is 11.6 Å². The van der Waals surface area contributed by atoms with E-state index in [1.807, 2.05) is 42.5 Å². The van der Waals surface area contributed by atoms with Crippen molar-refractivity contribution >= 4 is 23.4 Å². The van der Waals surface area contributed by atoms with Gasteiger partial charge in [-0.05, 0) is 29.8 Å². The minimum absolute atomic E-state index is 0.234. The van der Waals surface area contributed by atoms with Gasteiger partial charge in [0.25, 0.3) is 0 Å². The summed E-state index contributed by atoms with van der Waals surface area (Å²) in [5, 5.41) is 11.6. The lowest BCUT2D eigenvalue weighted by Crippen LogP contribution is -2.41. The molecular formula is C24H20FN5O2S. The van der Waals surface area contributed by atoms with Crippen molar-refractivity contribution in [2.75, 3.05) is 17.9 Å². The first-order valence-corrected chi connectivity index (χ1v) is 11.2. The molecule has 2 heterocycles. The van der Waals surface area contributed by atoms with Gasteiger partial charge in [-0.25, -0.2) is 9.07 Å². The van der Waals surface area contributed by atoms with E-state index in [-0.39, 0.29) is 11.7 Å². The Morgan fingerprint density at radius 3 is 2.52 bits per heavy atom. The van der Waals surface area contributed by atoms with Gasteiger partial charge in [0, 0.05) is 5.56 Å². The third-order valence-electron chi connectivity index (χ3n) is 5.32. The van der Waals surface area contributed by atoms with E-state index in [2.05, 4.69) is 20.9 Å². The summed E-state index contributed by atoms with van der Waals surface area (Å²) in [5.41, 5.74) is 5.61. The van der Waals surface area contributed by atoms with Gasteiger partial charge in [-0.3, -0.25) is 4.79 Å². The summed E-state index contributed by atoms with van der Waals surface area (Å²) in [5.74, 6) is 0.621. The van der Waals surface area contributed by atoms with E-state index in [0.717, 1.165) is 11.1 Å². The Balaban J connectivity index is 1.52. The quantitative estimate of drug-likeness (QED) is 0.456. The molecule has 0 aliphatic carbocycles. The number of carbonyl (C=O) groups excluding carboxylic acids is 1. The van der Waals surface area contributed by atoms with Crippen molar-refractivity contribution in [3.63, 3.8) is 0 Å². The predicted molar refractivity (Wildman–Crippen MR) is 125 cm³/mol. The summed E-state index contributed by atoms with van der Waals surface area (Å²) in [6, 6.07) is 22.5. The molecule has 2 N–H and O–H groups in total. The number of ether oxygens (including phenoxy) is 1. The number of carbonyl (C=O) groups is 1. The molecule has 4 aromatic rings. The molecular weight excluding hydrogens is 441 g/mol. The average Bonchev–Trinajstić information content (AvgIpc) is 3.27. The molecule has 2 atom stereocenters. The molecule has 0 saturated carbocycles. The molecule has 33 heavy (non-hydrogen) atoms. The minimum atomic E-state index is -0.597. The second-order valence-corrected chi connectivity index (χ2v) is 8.50. The van der Waals surface area contributed by atoms with E-state index in [4.69, 9.17) is 4.74 Å². The number of anilines is 1. The lowest BCUT2D eigenvalue weighted by molar-refractivity contribution is -0.116. The van der Waals surface area contributed by atoms with Gasteiger partial charge >= 0.3 is 0 Å². The number of aromatic nitrogens is 3. The fourth-order valence-electron chi connectivity index (χ4n) is 3.70. The molecule has 166 valence electrons. The van der Waals surface area contributed by atoms with Crippen LogP contribution in [0.4, 0.5) is 10.1 Å². The lowest BCUT2D eigenvalue weighted by atomic mass is 10.0. The van der Waals surface area contributed by atoms with Crippen LogP contribution in [0.3, 0.4) is 0 Å². The van der Waals surface area contributed by atoms with Gasteiger partial charge in [0.1, 0.15) is 16.8 Å². The number of thioether (sulfide) groups is 1. The number of methoxy groups -OCH3 is 1. The summed E-state index contributed by atoms with van der Waals surface area (Å²) in [4.78, 5) is 13.4. The highest BCUT2D eigenvalue weighted by Gasteiger charge is 2.38. The fraction of sp³-hybridized carbons (Fsp3) is 0.125. The Morgan fingerprint density at radius 1 is 1.03 bits per heavy atom. The maximum absolute atomic E-state index is 13.6. The van der Waals surface area contributed by atoms with Crippen LogP contribution in [0.5, 0.6) is 5.75 Å². The van der Waals surface area contributed by atoms with E-state index in [1.165, 1.54) is 23.9 Å². The van der Waals surface area contributed by atoms with Crippen LogP contribution in [-0.4, -0.2) is 33.1 Å². The smallest absolute Gasteiger partial charge is 0.240 e. The van der Waals surface area contributed by atoms with E-state index < -0.39 is 11.3 Å². The van der Waals surface area contributed by atoms with Crippen molar-refractivity contribution in [3.8, 4) is 17.1 Å². The Hall–Kier alpha value is -3.85. The van der Waals surface area contributed by atoms with Crippen molar-refractivity contribution in [1.82, 2.24) is 14.9 Å². The number of hydrogen-bond donors (Lipinski definition) is 2. The van der Waals surface area contributed by atoms with E-state index in [1.54, 1.807) is 36.1 Å². The second kappa shape index (κ2) is 8.95. The monoisotopic (exact) mass is 461 g/mol. The van der Waals surface area contributed by atoms with Crippen molar-refractivity contribution in [2.24, 2.45) is 0 Å². The van der Waals surface area contributed by atoms with Crippen molar-refractivity contribution in [3.05, 3.63) is 90.2 Å². The number of amides is 1. The van der Waals surface area contributed by atoms with Crippen LogP contribution in [0.15, 0.2) is 84.0 Å². The molecule has 3 aromatic carbocycles. The van der Waals surface area contributed by atoms with E-state index in [0.29, 0.717) is 22.4 Å². The molecule has 7 nitrogen and oxygen atoms in total. The number of rotatable bonds is 5. The molecule has 0 saturated heterocycles. The Morgan fingerprint density at radius 2 is 1.76 bits per heavy atom. The topological polar surface area (TPSA) is 81.1 Å². The Kier molecular flexibility index (Phi) is 5.70. The molecule has 1 aliphatic rings. The highest BCUT2D eigenvalue weighted by atomic mass is 32.2. The van der Waals surface area contributed by atoms with E-state index >= 15 is 0 Å². The van der Waals surface area contributed by atoms with Crippen LogP contribution < -0.4 is 15.5 Å². The largest absolute Gasteiger partial charge is 0.495 e. The van der Waals surface area contributed by atoms with Gasteiger partial charge < -0.3 is 15.5 Å². The molecule has 1 aromatic heterocycles. The third-order valence-corrected chi connectivity index (χ3v) is 6.54. The second-order valence-electron chi connectivity index (χ2n) is 7.39. The van der Waals surface area contributed by atoms with Gasteiger partial charge in [0.2, 0.25) is 11.1 Å². The lowest BCUT2D eigenvalue weighted by Gasteiger charge is -2.33.